The lowest BCUT2D eigenvalue weighted by Crippen LogP contribution is -2.45. The highest BCUT2D eigenvalue weighted by molar-refractivity contribution is 8.21. The van der Waals surface area contributed by atoms with Gasteiger partial charge in [-0.05, 0) is 45.6 Å². The van der Waals surface area contributed by atoms with Gasteiger partial charge in [0.2, 0.25) is 5.91 Å². The number of nitrogens with one attached hydrogen (secondary N) is 1. The lowest BCUT2D eigenvalue weighted by Gasteiger charge is -2.29. The van der Waals surface area contributed by atoms with Crippen LogP contribution < -0.4 is 5.32 Å². The monoisotopic (exact) mass is 620 g/mol. The highest BCUT2D eigenvalue weighted by Crippen LogP contribution is 2.52. The van der Waals surface area contributed by atoms with Crippen LogP contribution in [0.25, 0.3) is 0 Å². The molecule has 2 amide bonds. The molecule has 0 bridgehead atoms. The zero-order chi connectivity index (χ0) is 31.1. The third kappa shape index (κ3) is 9.31. The quantitative estimate of drug-likeness (QED) is 0.322. The maximum Gasteiger partial charge on any atom is 0.410 e. The van der Waals surface area contributed by atoms with Crippen LogP contribution >= 0.6 is 23.5 Å². The van der Waals surface area contributed by atoms with Crippen molar-refractivity contribution in [3.05, 3.63) is 35.9 Å². The number of thioether (sulfide) groups is 2. The number of aliphatic hydroxyl groups is 1. The maximum atomic E-state index is 13.7. The zero-order valence-corrected chi connectivity index (χ0v) is 26.9. The highest BCUT2D eigenvalue weighted by Gasteiger charge is 2.52. The summed E-state index contributed by atoms with van der Waals surface area (Å²) in [4.78, 5) is 66.0. The van der Waals surface area contributed by atoms with Gasteiger partial charge in [-0.15, -0.1) is 23.5 Å². The number of nitrogens with zero attached hydrogens (tertiary/aromatic N) is 1. The van der Waals surface area contributed by atoms with Gasteiger partial charge >= 0.3 is 6.09 Å². The van der Waals surface area contributed by atoms with Crippen molar-refractivity contribution >= 4 is 52.9 Å². The average molecular weight is 621 g/mol. The molecule has 11 heteroatoms. The molecule has 9 nitrogen and oxygen atoms in total. The molecule has 42 heavy (non-hydrogen) atoms. The summed E-state index contributed by atoms with van der Waals surface area (Å²) in [7, 11) is 0. The minimum Gasteiger partial charge on any atom is -0.444 e. The van der Waals surface area contributed by atoms with Crippen molar-refractivity contribution in [3.63, 3.8) is 0 Å². The first-order valence-corrected chi connectivity index (χ1v) is 16.6. The van der Waals surface area contributed by atoms with E-state index in [0.717, 1.165) is 11.5 Å². The van der Waals surface area contributed by atoms with Crippen LogP contribution in [-0.2, 0) is 23.9 Å². The Morgan fingerprint density at radius 3 is 2.31 bits per heavy atom. The first-order valence-electron chi connectivity index (χ1n) is 14.6. The van der Waals surface area contributed by atoms with Crippen molar-refractivity contribution in [2.45, 2.75) is 101 Å². The van der Waals surface area contributed by atoms with Crippen molar-refractivity contribution < 1.29 is 33.8 Å². The Morgan fingerprint density at radius 1 is 1.10 bits per heavy atom. The number of hydrogen-bond acceptors (Lipinski definition) is 9. The SMILES string of the molecule is CCCC(CC(=O)[C@@H]1CC2(CN1C(=O)OC(C)(C)C)SCCS2)C(O)C(=O)CCC(=O)N[C@H](C(C)=O)c1ccccc1. The Balaban J connectivity index is 1.63. The van der Waals surface area contributed by atoms with Gasteiger partial charge in [0.05, 0.1) is 10.1 Å². The number of ether oxygens (including phenoxy) is 1. The molecule has 2 unspecified atom stereocenters. The van der Waals surface area contributed by atoms with Gasteiger partial charge < -0.3 is 15.2 Å². The predicted octanol–water partition coefficient (Wildman–Crippen LogP) is 4.70. The lowest BCUT2D eigenvalue weighted by atomic mass is 9.86. The predicted molar refractivity (Wildman–Crippen MR) is 165 cm³/mol. The molecule has 1 aromatic rings. The summed E-state index contributed by atoms with van der Waals surface area (Å²) in [5.41, 5.74) is -0.0588. The summed E-state index contributed by atoms with van der Waals surface area (Å²) in [6.07, 6.45) is -0.809. The van der Waals surface area contributed by atoms with Gasteiger partial charge in [-0.25, -0.2) is 4.79 Å². The molecule has 2 aliphatic heterocycles. The second-order valence-electron chi connectivity index (χ2n) is 12.1. The molecule has 3 rings (SSSR count). The van der Waals surface area contributed by atoms with Crippen molar-refractivity contribution in [1.82, 2.24) is 10.2 Å². The fourth-order valence-corrected chi connectivity index (χ4v) is 8.68. The van der Waals surface area contributed by atoms with Crippen LogP contribution in [-0.4, -0.2) is 79.2 Å². The number of Topliss-reactive ketones (excluding diaryl/α,β-unsaturated/α-hetero) is 3. The van der Waals surface area contributed by atoms with E-state index in [0.29, 0.717) is 31.4 Å². The minimum absolute atomic E-state index is 0.0528. The molecule has 2 saturated heterocycles. The first kappa shape index (κ1) is 34.1. The molecule has 2 fully saturated rings. The van der Waals surface area contributed by atoms with Crippen LogP contribution in [0.4, 0.5) is 4.79 Å². The van der Waals surface area contributed by atoms with Crippen molar-refractivity contribution in [2.75, 3.05) is 18.1 Å². The molecule has 0 radical (unpaired) electrons. The number of ketones is 3. The maximum absolute atomic E-state index is 13.7. The van der Waals surface area contributed by atoms with Gasteiger partial charge in [0.25, 0.3) is 0 Å². The van der Waals surface area contributed by atoms with Gasteiger partial charge in [0, 0.05) is 43.7 Å². The van der Waals surface area contributed by atoms with Crippen LogP contribution in [0, 0.1) is 5.92 Å². The molecule has 2 N–H and O–H groups in total. The number of carbonyl (C=O) groups excluding carboxylic acids is 5. The van der Waals surface area contributed by atoms with E-state index in [1.54, 1.807) is 68.6 Å². The second kappa shape index (κ2) is 14.9. The van der Waals surface area contributed by atoms with E-state index in [-0.39, 0.29) is 34.9 Å². The summed E-state index contributed by atoms with van der Waals surface area (Å²) in [6.45, 7) is 9.07. The molecule has 0 aromatic heterocycles. The van der Waals surface area contributed by atoms with Gasteiger partial charge in [0.15, 0.2) is 17.3 Å². The summed E-state index contributed by atoms with van der Waals surface area (Å²) < 4.78 is 5.37. The number of likely N-dealkylation sites (tertiary alicyclic amines) is 1. The Bertz CT molecular complexity index is 1130. The molecule has 0 saturated carbocycles. The fraction of sp³-hybridized carbons (Fsp3) is 0.645. The molecule has 1 spiro atoms. The summed E-state index contributed by atoms with van der Waals surface area (Å²) in [5.74, 6) is -0.153. The Morgan fingerprint density at radius 2 is 1.74 bits per heavy atom. The van der Waals surface area contributed by atoms with E-state index in [2.05, 4.69) is 5.32 Å². The average Bonchev–Trinajstić information content (AvgIpc) is 3.55. The highest BCUT2D eigenvalue weighted by atomic mass is 32.2. The number of benzene rings is 1. The Kier molecular flexibility index (Phi) is 12.1. The zero-order valence-electron chi connectivity index (χ0n) is 25.2. The Labute approximate surface area is 257 Å². The lowest BCUT2D eigenvalue weighted by molar-refractivity contribution is -0.134. The van der Waals surface area contributed by atoms with Crippen LogP contribution in [0.15, 0.2) is 30.3 Å². The van der Waals surface area contributed by atoms with E-state index in [9.17, 15) is 29.1 Å². The van der Waals surface area contributed by atoms with Crippen LogP contribution in [0.3, 0.4) is 0 Å². The van der Waals surface area contributed by atoms with Crippen molar-refractivity contribution in [2.24, 2.45) is 5.92 Å². The van der Waals surface area contributed by atoms with Crippen LogP contribution in [0.2, 0.25) is 0 Å². The second-order valence-corrected chi connectivity index (χ2v) is 15.3. The van der Waals surface area contributed by atoms with Crippen molar-refractivity contribution in [1.29, 1.82) is 0 Å². The summed E-state index contributed by atoms with van der Waals surface area (Å²) in [6, 6.07) is 7.34. The van der Waals surface area contributed by atoms with E-state index in [4.69, 9.17) is 4.74 Å². The summed E-state index contributed by atoms with van der Waals surface area (Å²) >= 11 is 3.53. The molecule has 0 aliphatic carbocycles. The first-order chi connectivity index (χ1) is 19.7. The smallest absolute Gasteiger partial charge is 0.410 e. The number of carbonyl (C=O) groups is 5. The molecule has 1 aromatic carbocycles. The van der Waals surface area contributed by atoms with E-state index < -0.39 is 47.5 Å². The van der Waals surface area contributed by atoms with E-state index >= 15 is 0 Å². The molecular weight excluding hydrogens is 576 g/mol. The van der Waals surface area contributed by atoms with Gasteiger partial charge in [0.1, 0.15) is 17.7 Å². The molecule has 4 atom stereocenters. The molecule has 232 valence electrons. The van der Waals surface area contributed by atoms with Gasteiger partial charge in [-0.3, -0.25) is 24.1 Å². The van der Waals surface area contributed by atoms with Crippen molar-refractivity contribution in [3.8, 4) is 0 Å². The van der Waals surface area contributed by atoms with E-state index in [1.165, 1.54) is 11.8 Å². The van der Waals surface area contributed by atoms with Crippen LogP contribution in [0.1, 0.15) is 84.7 Å². The van der Waals surface area contributed by atoms with Gasteiger partial charge in [-0.1, -0.05) is 43.7 Å². The number of aliphatic hydroxyl groups excluding tert-OH is 1. The summed E-state index contributed by atoms with van der Waals surface area (Å²) in [5, 5.41) is 13.7. The third-order valence-electron chi connectivity index (χ3n) is 7.45. The van der Waals surface area contributed by atoms with Crippen LogP contribution in [0.5, 0.6) is 0 Å². The topological polar surface area (TPSA) is 130 Å². The fourth-order valence-electron chi connectivity index (χ4n) is 5.43. The number of amides is 2. The number of hydrogen-bond donors (Lipinski definition) is 2. The largest absolute Gasteiger partial charge is 0.444 e. The molecule has 2 aliphatic rings. The minimum atomic E-state index is -1.42. The molecule has 2 heterocycles. The molecular formula is C31H44N2O7S2. The van der Waals surface area contributed by atoms with Gasteiger partial charge in [-0.2, -0.15) is 0 Å². The third-order valence-corrected chi connectivity index (χ3v) is 10.9. The van der Waals surface area contributed by atoms with E-state index in [1.807, 2.05) is 13.0 Å². The normalized spacial score (nSPS) is 20.1. The Hall–Kier alpha value is -2.37. The number of rotatable bonds is 13. The standard InChI is InChI=1S/C31H44N2O7S2/c1-6-10-22(28(38)24(35)13-14-26(37)32-27(20(2)34)21-11-8-7-9-12-21)17-25(36)23-18-31(41-15-16-42-31)19-33(23)29(39)40-30(3,4)5/h7-9,11-12,22-23,27-28,38H,6,10,13-19H2,1-5H3,(H,32,37)/t22?,23-,27+,28?/m0/s1.